The van der Waals surface area contributed by atoms with E-state index in [-0.39, 0.29) is 11.6 Å². The van der Waals surface area contributed by atoms with Gasteiger partial charge < -0.3 is 14.7 Å². The highest BCUT2D eigenvalue weighted by Crippen LogP contribution is 2.18. The highest BCUT2D eigenvalue weighted by molar-refractivity contribution is 5.88. The predicted molar refractivity (Wildman–Crippen MR) is 74.9 cm³/mol. The van der Waals surface area contributed by atoms with E-state index >= 15 is 0 Å². The lowest BCUT2D eigenvalue weighted by Crippen LogP contribution is -2.34. The van der Waals surface area contributed by atoms with E-state index in [0.29, 0.717) is 25.4 Å². The maximum Gasteiger partial charge on any atom is 0.335 e. The number of anilines is 1. The lowest BCUT2D eigenvalue weighted by Gasteiger charge is -2.28. The Morgan fingerprint density at radius 3 is 2.63 bits per heavy atom. The van der Waals surface area contributed by atoms with Crippen LogP contribution in [0.4, 0.5) is 5.82 Å². The molecule has 0 radical (unpaired) electrons. The van der Waals surface area contributed by atoms with Crippen molar-refractivity contribution in [1.29, 1.82) is 0 Å². The normalized spacial score (nSPS) is 10.8. The van der Waals surface area contributed by atoms with E-state index in [0.717, 1.165) is 5.69 Å². The van der Waals surface area contributed by atoms with Crippen LogP contribution in [0.25, 0.3) is 0 Å². The van der Waals surface area contributed by atoms with Crippen LogP contribution in [0.15, 0.2) is 12.1 Å². The van der Waals surface area contributed by atoms with Crippen LogP contribution in [0.5, 0.6) is 0 Å². The van der Waals surface area contributed by atoms with Gasteiger partial charge in [-0.15, -0.1) is 0 Å². The molecule has 19 heavy (non-hydrogen) atoms. The molecule has 0 bridgehead atoms. The summed E-state index contributed by atoms with van der Waals surface area (Å²) in [5, 5.41) is 9.15. The zero-order valence-corrected chi connectivity index (χ0v) is 12.0. The topological polar surface area (TPSA) is 62.7 Å². The molecule has 1 N–H and O–H groups in total. The Hall–Kier alpha value is -1.62. The number of rotatable bonds is 7. The van der Waals surface area contributed by atoms with Crippen molar-refractivity contribution < 1.29 is 14.6 Å². The quantitative estimate of drug-likeness (QED) is 0.819. The van der Waals surface area contributed by atoms with Gasteiger partial charge in [-0.05, 0) is 32.4 Å². The van der Waals surface area contributed by atoms with Gasteiger partial charge in [0.05, 0.1) is 12.2 Å². The molecule has 1 rings (SSSR count). The summed E-state index contributed by atoms with van der Waals surface area (Å²) in [4.78, 5) is 17.7. The van der Waals surface area contributed by atoms with Gasteiger partial charge in [-0.3, -0.25) is 0 Å². The number of carboxylic acids is 1. The lowest BCUT2D eigenvalue weighted by molar-refractivity contribution is 0.0696. The number of hydrogen-bond acceptors (Lipinski definition) is 4. The molecule has 0 unspecified atom stereocenters. The van der Waals surface area contributed by atoms with Gasteiger partial charge in [-0.25, -0.2) is 9.78 Å². The van der Waals surface area contributed by atoms with Crippen molar-refractivity contribution in [2.75, 3.05) is 25.2 Å². The molecule has 0 spiro atoms. The van der Waals surface area contributed by atoms with Gasteiger partial charge in [-0.1, -0.05) is 6.92 Å². The van der Waals surface area contributed by atoms with E-state index in [4.69, 9.17) is 9.84 Å². The summed E-state index contributed by atoms with van der Waals surface area (Å²) in [5.41, 5.74) is 1.07. The van der Waals surface area contributed by atoms with Crippen LogP contribution >= 0.6 is 0 Å². The molecule has 0 aliphatic carbocycles. The molecule has 0 aromatic carbocycles. The van der Waals surface area contributed by atoms with Crippen molar-refractivity contribution in [3.05, 3.63) is 23.4 Å². The van der Waals surface area contributed by atoms with Gasteiger partial charge in [0.2, 0.25) is 0 Å². The lowest BCUT2D eigenvalue weighted by atomic mass is 10.2. The van der Waals surface area contributed by atoms with Crippen molar-refractivity contribution >= 4 is 11.8 Å². The summed E-state index contributed by atoms with van der Waals surface area (Å²) in [5.74, 6) is -0.224. The molecule has 106 valence electrons. The second-order valence-corrected chi connectivity index (χ2v) is 4.64. The van der Waals surface area contributed by atoms with Crippen LogP contribution in [-0.2, 0) is 11.2 Å². The largest absolute Gasteiger partial charge is 0.478 e. The minimum atomic E-state index is -0.922. The first-order valence-electron chi connectivity index (χ1n) is 6.49. The average molecular weight is 266 g/mol. The third-order valence-electron chi connectivity index (χ3n) is 2.93. The van der Waals surface area contributed by atoms with E-state index in [2.05, 4.69) is 23.7 Å². The maximum atomic E-state index is 11.2. The summed E-state index contributed by atoms with van der Waals surface area (Å²) >= 11 is 0. The van der Waals surface area contributed by atoms with Gasteiger partial charge in [0, 0.05) is 25.4 Å². The molecule has 0 fully saturated rings. The molecule has 0 atom stereocenters. The number of hydrogen-bond donors (Lipinski definition) is 1. The van der Waals surface area contributed by atoms with E-state index < -0.39 is 5.97 Å². The first-order valence-corrected chi connectivity index (χ1v) is 6.49. The van der Waals surface area contributed by atoms with E-state index in [1.54, 1.807) is 19.2 Å². The molecule has 1 heterocycles. The van der Waals surface area contributed by atoms with E-state index in [1.165, 1.54) is 0 Å². The Morgan fingerprint density at radius 1 is 1.47 bits per heavy atom. The average Bonchev–Trinajstić information content (AvgIpc) is 2.38. The van der Waals surface area contributed by atoms with Gasteiger partial charge in [0.15, 0.2) is 0 Å². The molecule has 5 nitrogen and oxygen atoms in total. The predicted octanol–water partition coefficient (Wildman–Crippen LogP) is 2.20. The second kappa shape index (κ2) is 7.09. The van der Waals surface area contributed by atoms with Gasteiger partial charge in [0.1, 0.15) is 5.82 Å². The summed E-state index contributed by atoms with van der Waals surface area (Å²) in [6.45, 7) is 7.34. The number of aromatic carboxylic acids is 1. The number of aryl methyl sites for hydroxylation is 1. The minimum Gasteiger partial charge on any atom is -0.478 e. The van der Waals surface area contributed by atoms with Crippen LogP contribution < -0.4 is 4.90 Å². The number of pyridine rings is 1. The van der Waals surface area contributed by atoms with Crippen molar-refractivity contribution in [1.82, 2.24) is 4.98 Å². The Balaban J connectivity index is 3.13. The first-order chi connectivity index (χ1) is 8.99. The molecule has 0 aliphatic rings. The second-order valence-electron chi connectivity index (χ2n) is 4.64. The first kappa shape index (κ1) is 15.4. The van der Waals surface area contributed by atoms with Gasteiger partial charge >= 0.3 is 5.97 Å². The highest BCUT2D eigenvalue weighted by Gasteiger charge is 2.15. The Kier molecular flexibility index (Phi) is 5.76. The highest BCUT2D eigenvalue weighted by atomic mass is 16.5. The van der Waals surface area contributed by atoms with Crippen LogP contribution in [-0.4, -0.2) is 42.4 Å². The minimum absolute atomic E-state index is 0.233. The van der Waals surface area contributed by atoms with Crippen LogP contribution in [0.3, 0.4) is 0 Å². The number of carbonyl (C=O) groups is 1. The van der Waals surface area contributed by atoms with Crippen molar-refractivity contribution in [3.63, 3.8) is 0 Å². The Labute approximate surface area is 114 Å². The molecular formula is C14H22N2O3. The number of ether oxygens (including phenoxy) is 1. The fourth-order valence-corrected chi connectivity index (χ4v) is 1.85. The third kappa shape index (κ3) is 4.21. The zero-order chi connectivity index (χ0) is 14.4. The Bertz CT molecular complexity index is 433. The van der Waals surface area contributed by atoms with Crippen LogP contribution in [0, 0.1) is 0 Å². The van der Waals surface area contributed by atoms with E-state index in [1.807, 2.05) is 6.92 Å². The van der Waals surface area contributed by atoms with Crippen LogP contribution in [0.1, 0.15) is 36.8 Å². The SMILES string of the molecule is CCc1cc(C(=O)O)cc(N(CCOC)C(C)C)n1. The molecule has 0 saturated heterocycles. The molecule has 1 aromatic rings. The summed E-state index contributed by atoms with van der Waals surface area (Å²) in [6.07, 6.45) is 0.713. The number of aromatic nitrogens is 1. The molecule has 5 heteroatoms. The van der Waals surface area contributed by atoms with Crippen LogP contribution in [0.2, 0.25) is 0 Å². The van der Waals surface area contributed by atoms with Gasteiger partial charge in [-0.2, -0.15) is 0 Å². The number of methoxy groups -OCH3 is 1. The maximum absolute atomic E-state index is 11.2. The van der Waals surface area contributed by atoms with Crippen molar-refractivity contribution in [2.45, 2.75) is 33.2 Å². The summed E-state index contributed by atoms with van der Waals surface area (Å²) < 4.78 is 5.09. The van der Waals surface area contributed by atoms with Crippen molar-refractivity contribution in [2.24, 2.45) is 0 Å². The fraction of sp³-hybridized carbons (Fsp3) is 0.571. The molecular weight excluding hydrogens is 244 g/mol. The number of carboxylic acid groups (broad SMARTS) is 1. The standard InChI is InChI=1S/C14H22N2O3/c1-5-12-8-11(14(17)18)9-13(15-12)16(10(2)3)6-7-19-4/h8-10H,5-7H2,1-4H3,(H,17,18). The van der Waals surface area contributed by atoms with Crippen molar-refractivity contribution in [3.8, 4) is 0 Å². The molecule has 0 amide bonds. The third-order valence-corrected chi connectivity index (χ3v) is 2.93. The molecule has 1 aromatic heterocycles. The Morgan fingerprint density at radius 2 is 2.16 bits per heavy atom. The van der Waals surface area contributed by atoms with Gasteiger partial charge in [0.25, 0.3) is 0 Å². The smallest absolute Gasteiger partial charge is 0.335 e. The molecule has 0 aliphatic heterocycles. The molecule has 0 saturated carbocycles. The summed E-state index contributed by atoms with van der Waals surface area (Å²) in [7, 11) is 1.65. The van der Waals surface area contributed by atoms with E-state index in [9.17, 15) is 4.79 Å². The number of nitrogens with zero attached hydrogens (tertiary/aromatic N) is 2. The zero-order valence-electron chi connectivity index (χ0n) is 12.0. The monoisotopic (exact) mass is 266 g/mol. The summed E-state index contributed by atoms with van der Waals surface area (Å²) in [6, 6.07) is 3.48. The fourth-order valence-electron chi connectivity index (χ4n) is 1.85.